The van der Waals surface area contributed by atoms with E-state index < -0.39 is 0 Å². The lowest BCUT2D eigenvalue weighted by Crippen LogP contribution is -2.25. The predicted molar refractivity (Wildman–Crippen MR) is 105 cm³/mol. The maximum Gasteiger partial charge on any atom is 0.221 e. The molecule has 0 saturated carbocycles. The van der Waals surface area contributed by atoms with E-state index in [4.69, 9.17) is 11.6 Å². The second-order valence-electron chi connectivity index (χ2n) is 6.03. The topological polar surface area (TPSA) is 62.2 Å². The number of carbonyl (C=O) groups excluding carboxylic acids is 1. The van der Waals surface area contributed by atoms with E-state index in [-0.39, 0.29) is 24.0 Å². The van der Waals surface area contributed by atoms with Gasteiger partial charge in [0.1, 0.15) is 10.8 Å². The minimum atomic E-state index is -0.242. The smallest absolute Gasteiger partial charge is 0.221 e. The average Bonchev–Trinajstić information content (AvgIpc) is 3.04. The Morgan fingerprint density at radius 1 is 1.27 bits per heavy atom. The zero-order valence-electron chi connectivity index (χ0n) is 14.3. The quantitative estimate of drug-likeness (QED) is 0.648. The normalized spacial score (nSPS) is 11.9. The highest BCUT2D eigenvalue weighted by Gasteiger charge is 2.21. The van der Waals surface area contributed by atoms with Crippen LogP contribution in [0.3, 0.4) is 0 Å². The number of aromatic nitrogens is 1. The first-order valence-electron chi connectivity index (χ1n) is 8.24. The molecule has 1 heterocycles. The molecule has 1 aromatic heterocycles. The number of carbonyl (C=O) groups is 1. The third-order valence-corrected chi connectivity index (χ3v) is 5.36. The van der Waals surface area contributed by atoms with E-state index in [1.54, 1.807) is 18.2 Å². The van der Waals surface area contributed by atoms with Gasteiger partial charge in [0.25, 0.3) is 0 Å². The van der Waals surface area contributed by atoms with Crippen molar-refractivity contribution in [1.29, 1.82) is 0 Å². The molecule has 26 heavy (non-hydrogen) atoms. The lowest BCUT2D eigenvalue weighted by molar-refractivity contribution is -0.121. The number of thiazole rings is 1. The molecule has 0 spiro atoms. The molecule has 6 heteroatoms. The van der Waals surface area contributed by atoms with Crippen LogP contribution in [0.15, 0.2) is 53.9 Å². The van der Waals surface area contributed by atoms with Crippen LogP contribution in [0.2, 0.25) is 5.02 Å². The Morgan fingerprint density at radius 2 is 2.08 bits per heavy atom. The summed E-state index contributed by atoms with van der Waals surface area (Å²) in [7, 11) is 0. The second-order valence-corrected chi connectivity index (χ2v) is 7.38. The molecule has 2 aromatic carbocycles. The molecule has 0 aliphatic carbocycles. The monoisotopic (exact) mass is 386 g/mol. The average molecular weight is 387 g/mol. The van der Waals surface area contributed by atoms with Crippen molar-refractivity contribution in [3.63, 3.8) is 0 Å². The molecule has 0 saturated heterocycles. The van der Waals surface area contributed by atoms with Gasteiger partial charge in [0.15, 0.2) is 0 Å². The standard InChI is InChI=1S/C20H19ClN2O2S/c1-13-12-26-20(23-13)11-22-19(25)10-17(14-5-4-6-15(24)9-14)16-7-2-3-8-18(16)21/h2-9,12,17,24H,10-11H2,1H3,(H,22,25). The number of nitrogens with zero attached hydrogens (tertiary/aromatic N) is 1. The van der Waals surface area contributed by atoms with Crippen LogP contribution in [-0.4, -0.2) is 16.0 Å². The van der Waals surface area contributed by atoms with Crippen molar-refractivity contribution in [2.75, 3.05) is 0 Å². The van der Waals surface area contributed by atoms with E-state index in [9.17, 15) is 9.90 Å². The van der Waals surface area contributed by atoms with Gasteiger partial charge in [-0.05, 0) is 36.2 Å². The highest BCUT2D eigenvalue weighted by Crippen LogP contribution is 2.34. The van der Waals surface area contributed by atoms with Crippen molar-refractivity contribution in [3.05, 3.63) is 80.8 Å². The van der Waals surface area contributed by atoms with Crippen LogP contribution in [-0.2, 0) is 11.3 Å². The summed E-state index contributed by atoms with van der Waals surface area (Å²) in [5, 5.41) is 16.2. The molecule has 3 aromatic rings. The molecule has 1 atom stereocenters. The Labute approximate surface area is 161 Å². The van der Waals surface area contributed by atoms with Crippen molar-refractivity contribution < 1.29 is 9.90 Å². The SMILES string of the molecule is Cc1csc(CNC(=O)CC(c2cccc(O)c2)c2ccccc2Cl)n1. The summed E-state index contributed by atoms with van der Waals surface area (Å²) >= 11 is 7.89. The lowest BCUT2D eigenvalue weighted by atomic mass is 9.88. The fraction of sp³-hybridized carbons (Fsp3) is 0.200. The molecule has 0 aliphatic heterocycles. The Balaban J connectivity index is 1.79. The van der Waals surface area contributed by atoms with Gasteiger partial charge in [-0.15, -0.1) is 11.3 Å². The van der Waals surface area contributed by atoms with Gasteiger partial charge in [-0.25, -0.2) is 4.98 Å². The summed E-state index contributed by atoms with van der Waals surface area (Å²) in [5.41, 5.74) is 2.66. The molecule has 0 aliphatic rings. The van der Waals surface area contributed by atoms with E-state index in [0.717, 1.165) is 21.8 Å². The van der Waals surface area contributed by atoms with Gasteiger partial charge in [-0.1, -0.05) is 41.9 Å². The largest absolute Gasteiger partial charge is 0.508 e. The van der Waals surface area contributed by atoms with Crippen LogP contribution in [0.1, 0.15) is 34.2 Å². The Kier molecular flexibility index (Phi) is 5.91. The van der Waals surface area contributed by atoms with Crippen LogP contribution in [0.4, 0.5) is 0 Å². The third kappa shape index (κ3) is 4.62. The van der Waals surface area contributed by atoms with E-state index in [1.807, 2.05) is 42.6 Å². The first-order chi connectivity index (χ1) is 12.5. The van der Waals surface area contributed by atoms with Gasteiger partial charge in [-0.2, -0.15) is 0 Å². The number of hydrogen-bond donors (Lipinski definition) is 2. The molecular formula is C20H19ClN2O2S. The molecule has 134 valence electrons. The minimum absolute atomic E-state index is 0.0916. The van der Waals surface area contributed by atoms with E-state index >= 15 is 0 Å². The van der Waals surface area contributed by atoms with E-state index in [0.29, 0.717) is 11.6 Å². The number of hydrogen-bond acceptors (Lipinski definition) is 4. The van der Waals surface area contributed by atoms with Crippen molar-refractivity contribution in [2.24, 2.45) is 0 Å². The first-order valence-corrected chi connectivity index (χ1v) is 9.50. The van der Waals surface area contributed by atoms with Gasteiger partial charge in [-0.3, -0.25) is 4.79 Å². The number of amides is 1. The lowest BCUT2D eigenvalue weighted by Gasteiger charge is -2.19. The number of aromatic hydroxyl groups is 1. The molecule has 0 radical (unpaired) electrons. The summed E-state index contributed by atoms with van der Waals surface area (Å²) in [6.07, 6.45) is 0.234. The molecule has 3 rings (SSSR count). The van der Waals surface area contributed by atoms with E-state index in [2.05, 4.69) is 10.3 Å². The highest BCUT2D eigenvalue weighted by atomic mass is 35.5. The maximum atomic E-state index is 12.5. The maximum absolute atomic E-state index is 12.5. The Morgan fingerprint density at radius 3 is 2.77 bits per heavy atom. The predicted octanol–water partition coefficient (Wildman–Crippen LogP) is 4.65. The summed E-state index contributed by atoms with van der Waals surface area (Å²) in [6, 6.07) is 14.4. The van der Waals surface area contributed by atoms with Crippen LogP contribution >= 0.6 is 22.9 Å². The van der Waals surface area contributed by atoms with Crippen molar-refractivity contribution in [3.8, 4) is 5.75 Å². The minimum Gasteiger partial charge on any atom is -0.508 e. The van der Waals surface area contributed by atoms with Gasteiger partial charge in [0.05, 0.1) is 6.54 Å². The van der Waals surface area contributed by atoms with Gasteiger partial charge < -0.3 is 10.4 Å². The molecule has 1 amide bonds. The fourth-order valence-electron chi connectivity index (χ4n) is 2.82. The molecule has 4 nitrogen and oxygen atoms in total. The Bertz CT molecular complexity index is 910. The van der Waals surface area contributed by atoms with Crippen molar-refractivity contribution >= 4 is 28.8 Å². The molecule has 1 unspecified atom stereocenters. The number of aryl methyl sites for hydroxylation is 1. The summed E-state index contributed by atoms with van der Waals surface area (Å²) in [6.45, 7) is 2.34. The number of nitrogens with one attached hydrogen (secondary N) is 1. The number of halogens is 1. The number of phenols is 1. The number of benzene rings is 2. The van der Waals surface area contributed by atoms with Gasteiger partial charge in [0.2, 0.25) is 5.91 Å². The summed E-state index contributed by atoms with van der Waals surface area (Å²) in [4.78, 5) is 16.9. The van der Waals surface area contributed by atoms with Gasteiger partial charge in [0, 0.05) is 28.4 Å². The first kappa shape index (κ1) is 18.4. The molecule has 2 N–H and O–H groups in total. The van der Waals surface area contributed by atoms with Crippen molar-refractivity contribution in [2.45, 2.75) is 25.8 Å². The Hall–Kier alpha value is -2.37. The number of rotatable bonds is 6. The fourth-order valence-corrected chi connectivity index (χ4v) is 3.80. The highest BCUT2D eigenvalue weighted by molar-refractivity contribution is 7.09. The molecular weight excluding hydrogens is 368 g/mol. The molecule has 0 fully saturated rings. The third-order valence-electron chi connectivity index (χ3n) is 4.05. The van der Waals surface area contributed by atoms with Crippen LogP contribution in [0, 0.1) is 6.92 Å². The van der Waals surface area contributed by atoms with Crippen LogP contribution in [0.5, 0.6) is 5.75 Å². The van der Waals surface area contributed by atoms with E-state index in [1.165, 1.54) is 11.3 Å². The second kappa shape index (κ2) is 8.34. The summed E-state index contributed by atoms with van der Waals surface area (Å²) in [5.74, 6) is -0.168. The van der Waals surface area contributed by atoms with Crippen LogP contribution < -0.4 is 5.32 Å². The van der Waals surface area contributed by atoms with Crippen LogP contribution in [0.25, 0.3) is 0 Å². The number of phenolic OH excluding ortho intramolecular Hbond substituents is 1. The zero-order chi connectivity index (χ0) is 18.5. The van der Waals surface area contributed by atoms with Crippen molar-refractivity contribution in [1.82, 2.24) is 10.3 Å². The zero-order valence-corrected chi connectivity index (χ0v) is 15.8. The van der Waals surface area contributed by atoms with Gasteiger partial charge >= 0.3 is 0 Å². The summed E-state index contributed by atoms with van der Waals surface area (Å²) < 4.78 is 0. The molecule has 0 bridgehead atoms.